The smallest absolute Gasteiger partial charge is 0.326 e. The van der Waals surface area contributed by atoms with Crippen molar-refractivity contribution in [3.05, 3.63) is 32.6 Å². The Bertz CT molecular complexity index is 472. The lowest BCUT2D eigenvalue weighted by atomic mass is 10.4. The number of carboxylic acids is 1. The number of hydrogen-bond acceptors (Lipinski definition) is 5. The quantitative estimate of drug-likeness (QED) is 0.478. The van der Waals surface area contributed by atoms with Gasteiger partial charge in [-0.3, -0.25) is 14.6 Å². The van der Waals surface area contributed by atoms with Crippen LogP contribution in [0.2, 0.25) is 0 Å². The maximum absolute atomic E-state index is 11.1. The molecule has 3 N–H and O–H groups in total. The Balaban J connectivity index is 2.87. The second-order valence-corrected chi connectivity index (χ2v) is 2.56. The molecule has 0 spiro atoms. The van der Waals surface area contributed by atoms with Gasteiger partial charge in [-0.25, -0.2) is 4.79 Å². The van der Waals surface area contributed by atoms with Gasteiger partial charge in [-0.15, -0.1) is 0 Å². The highest BCUT2D eigenvalue weighted by molar-refractivity contribution is 5.93. The molecule has 1 aromatic heterocycles. The number of carbonyl (C=O) groups is 2. The van der Waals surface area contributed by atoms with Gasteiger partial charge in [0.1, 0.15) is 5.69 Å². The van der Waals surface area contributed by atoms with Crippen molar-refractivity contribution in [1.82, 2.24) is 15.3 Å². The summed E-state index contributed by atoms with van der Waals surface area (Å²) in [6.45, 7) is -0.701. The average Bonchev–Trinajstić information content (AvgIpc) is 2.12. The van der Waals surface area contributed by atoms with E-state index in [1.54, 1.807) is 0 Å². The van der Waals surface area contributed by atoms with E-state index in [-0.39, 0.29) is 5.69 Å². The lowest BCUT2D eigenvalue weighted by Crippen LogP contribution is -2.39. The zero-order chi connectivity index (χ0) is 11.4. The molecular weight excluding hydrogens is 206 g/mol. The zero-order valence-electron chi connectivity index (χ0n) is 7.33. The Morgan fingerprint density at radius 2 is 2.00 bits per heavy atom. The summed E-state index contributed by atoms with van der Waals surface area (Å²) >= 11 is 0. The number of aromatic amines is 2. The molecular formula is C7H6N3O5-. The summed E-state index contributed by atoms with van der Waals surface area (Å²) < 4.78 is 0. The number of carbonyl (C=O) groups excluding carboxylic acids is 2. The van der Waals surface area contributed by atoms with Gasteiger partial charge in [0.2, 0.25) is 0 Å². The summed E-state index contributed by atoms with van der Waals surface area (Å²) in [7, 11) is 0. The molecule has 80 valence electrons. The molecule has 0 aromatic carbocycles. The van der Waals surface area contributed by atoms with E-state index < -0.39 is 29.7 Å². The normalized spacial score (nSPS) is 9.60. The summed E-state index contributed by atoms with van der Waals surface area (Å²) in [4.78, 5) is 46.5. The van der Waals surface area contributed by atoms with Crippen molar-refractivity contribution >= 4 is 11.9 Å². The highest BCUT2D eigenvalue weighted by Gasteiger charge is 2.06. The fourth-order valence-electron chi connectivity index (χ4n) is 0.839. The second-order valence-electron chi connectivity index (χ2n) is 2.56. The number of nitrogens with one attached hydrogen (secondary N) is 3. The number of H-pyrrole nitrogens is 2. The molecule has 1 amide bonds. The van der Waals surface area contributed by atoms with Crippen LogP contribution in [0.15, 0.2) is 15.7 Å². The molecule has 1 rings (SSSR count). The molecule has 0 saturated carbocycles. The van der Waals surface area contributed by atoms with Crippen LogP contribution in [-0.2, 0) is 4.79 Å². The number of hydrogen-bond donors (Lipinski definition) is 3. The Labute approximate surface area is 82.0 Å². The first-order valence-corrected chi connectivity index (χ1v) is 3.81. The van der Waals surface area contributed by atoms with Crippen molar-refractivity contribution in [2.24, 2.45) is 0 Å². The van der Waals surface area contributed by atoms with Crippen LogP contribution in [0.1, 0.15) is 10.5 Å². The van der Waals surface area contributed by atoms with Crippen LogP contribution in [0.4, 0.5) is 0 Å². The fourth-order valence-corrected chi connectivity index (χ4v) is 0.839. The molecule has 0 aliphatic carbocycles. The van der Waals surface area contributed by atoms with Crippen molar-refractivity contribution in [1.29, 1.82) is 0 Å². The fraction of sp³-hybridized carbons (Fsp3) is 0.143. The SMILES string of the molecule is O=C([O-])CNC(=O)c1cc(=O)[nH]c(=O)[nH]1. The number of rotatable bonds is 3. The molecule has 1 heterocycles. The van der Waals surface area contributed by atoms with Gasteiger partial charge in [-0.2, -0.15) is 0 Å². The molecule has 8 nitrogen and oxygen atoms in total. The predicted octanol–water partition coefficient (Wildman–Crippen LogP) is -3.46. The minimum absolute atomic E-state index is 0.315. The summed E-state index contributed by atoms with van der Waals surface area (Å²) in [6, 6.07) is 0.839. The number of aromatic nitrogens is 2. The van der Waals surface area contributed by atoms with Crippen molar-refractivity contribution < 1.29 is 14.7 Å². The Morgan fingerprint density at radius 1 is 1.33 bits per heavy atom. The Hall–Kier alpha value is -2.38. The Kier molecular flexibility index (Phi) is 3.01. The molecule has 0 fully saturated rings. The molecule has 0 saturated heterocycles. The minimum Gasteiger partial charge on any atom is -0.548 e. The van der Waals surface area contributed by atoms with Crippen LogP contribution in [0.5, 0.6) is 0 Å². The minimum atomic E-state index is -1.48. The lowest BCUT2D eigenvalue weighted by molar-refractivity contribution is -0.303. The monoisotopic (exact) mass is 212 g/mol. The van der Waals surface area contributed by atoms with Gasteiger partial charge in [-0.05, 0) is 0 Å². The molecule has 8 heteroatoms. The van der Waals surface area contributed by atoms with E-state index in [1.165, 1.54) is 0 Å². The van der Waals surface area contributed by atoms with Crippen LogP contribution in [-0.4, -0.2) is 28.4 Å². The second kappa shape index (κ2) is 4.22. The van der Waals surface area contributed by atoms with Gasteiger partial charge >= 0.3 is 5.69 Å². The van der Waals surface area contributed by atoms with Crippen LogP contribution >= 0.6 is 0 Å². The molecule has 0 unspecified atom stereocenters. The van der Waals surface area contributed by atoms with Crippen LogP contribution in [0.25, 0.3) is 0 Å². The lowest BCUT2D eigenvalue weighted by Gasteiger charge is -2.04. The predicted molar refractivity (Wildman–Crippen MR) is 45.0 cm³/mol. The van der Waals surface area contributed by atoms with E-state index in [0.717, 1.165) is 6.07 Å². The summed E-state index contributed by atoms with van der Waals surface area (Å²) in [5.74, 6) is -2.35. The highest BCUT2D eigenvalue weighted by Crippen LogP contribution is 1.83. The van der Waals surface area contributed by atoms with Crippen LogP contribution in [0, 0.1) is 0 Å². The summed E-state index contributed by atoms with van der Waals surface area (Å²) in [6.07, 6.45) is 0. The zero-order valence-corrected chi connectivity index (χ0v) is 7.33. The van der Waals surface area contributed by atoms with E-state index in [1.807, 2.05) is 15.3 Å². The average molecular weight is 212 g/mol. The van der Waals surface area contributed by atoms with Gasteiger partial charge in [-0.1, -0.05) is 0 Å². The number of amides is 1. The summed E-state index contributed by atoms with van der Waals surface area (Å²) in [5, 5.41) is 11.9. The first kappa shape index (κ1) is 10.7. The number of carboxylic acid groups (broad SMARTS) is 1. The first-order valence-electron chi connectivity index (χ1n) is 3.81. The maximum atomic E-state index is 11.1. The van der Waals surface area contributed by atoms with Crippen molar-refractivity contribution in [3.8, 4) is 0 Å². The topological polar surface area (TPSA) is 135 Å². The first-order chi connectivity index (χ1) is 6.99. The van der Waals surface area contributed by atoms with Crippen molar-refractivity contribution in [3.63, 3.8) is 0 Å². The van der Waals surface area contributed by atoms with E-state index >= 15 is 0 Å². The third-order valence-corrected chi connectivity index (χ3v) is 1.40. The maximum Gasteiger partial charge on any atom is 0.326 e. The summed E-state index contributed by atoms with van der Waals surface area (Å²) in [5.41, 5.74) is -1.91. The molecule has 0 atom stereocenters. The highest BCUT2D eigenvalue weighted by atomic mass is 16.4. The van der Waals surface area contributed by atoms with Crippen molar-refractivity contribution in [2.75, 3.05) is 6.54 Å². The van der Waals surface area contributed by atoms with E-state index in [2.05, 4.69) is 0 Å². The van der Waals surface area contributed by atoms with Crippen LogP contribution in [0.3, 0.4) is 0 Å². The van der Waals surface area contributed by atoms with Crippen molar-refractivity contribution in [2.45, 2.75) is 0 Å². The van der Waals surface area contributed by atoms with Gasteiger partial charge in [0.15, 0.2) is 0 Å². The third kappa shape index (κ3) is 3.10. The molecule has 0 bridgehead atoms. The van der Waals surface area contributed by atoms with Gasteiger partial charge in [0.05, 0.1) is 12.5 Å². The Morgan fingerprint density at radius 3 is 2.53 bits per heavy atom. The third-order valence-electron chi connectivity index (χ3n) is 1.40. The molecule has 1 aromatic rings. The van der Waals surface area contributed by atoms with Gasteiger partial charge < -0.3 is 20.2 Å². The van der Waals surface area contributed by atoms with E-state index in [4.69, 9.17) is 0 Å². The number of aliphatic carboxylic acids is 1. The molecule has 15 heavy (non-hydrogen) atoms. The molecule has 0 radical (unpaired) electrons. The molecule has 0 aliphatic rings. The van der Waals surface area contributed by atoms with Gasteiger partial charge in [0.25, 0.3) is 11.5 Å². The van der Waals surface area contributed by atoms with Crippen LogP contribution < -0.4 is 21.7 Å². The largest absolute Gasteiger partial charge is 0.548 e. The molecule has 0 aliphatic heterocycles. The van der Waals surface area contributed by atoms with E-state index in [0.29, 0.717) is 0 Å². The van der Waals surface area contributed by atoms with Gasteiger partial charge in [0, 0.05) is 6.07 Å². The van der Waals surface area contributed by atoms with E-state index in [9.17, 15) is 24.3 Å². The standard InChI is InChI=1S/C7H7N3O5/c11-4-1-3(9-7(15)10-4)6(14)8-2-5(12)13/h1H,2H2,(H,8,14)(H,12,13)(H2,9,10,11,15)/p-1.